The molecule has 2 aliphatic rings. The predicted octanol–water partition coefficient (Wildman–Crippen LogP) is 3.53. The summed E-state index contributed by atoms with van der Waals surface area (Å²) >= 11 is 0. The van der Waals surface area contributed by atoms with Gasteiger partial charge in [0.2, 0.25) is 0 Å². The quantitative estimate of drug-likeness (QED) is 0.815. The zero-order valence-electron chi connectivity index (χ0n) is 12.4. The maximum atomic E-state index is 13.8. The number of para-hydroxylation sites is 1. The first-order valence-electron chi connectivity index (χ1n) is 7.97. The van der Waals surface area contributed by atoms with Crippen LogP contribution in [-0.2, 0) is 0 Å². The first-order chi connectivity index (χ1) is 9.74. The van der Waals surface area contributed by atoms with Gasteiger partial charge < -0.3 is 4.90 Å². The third-order valence-corrected chi connectivity index (χ3v) is 4.93. The Balaban J connectivity index is 1.58. The molecule has 20 heavy (non-hydrogen) atoms. The van der Waals surface area contributed by atoms with Crippen LogP contribution >= 0.6 is 0 Å². The van der Waals surface area contributed by atoms with Crippen molar-refractivity contribution in [3.63, 3.8) is 0 Å². The van der Waals surface area contributed by atoms with Gasteiger partial charge in [0.15, 0.2) is 0 Å². The summed E-state index contributed by atoms with van der Waals surface area (Å²) in [5.41, 5.74) is 0.768. The van der Waals surface area contributed by atoms with Crippen LogP contribution in [-0.4, -0.2) is 37.1 Å². The molecular formula is C17H25FN2. The van der Waals surface area contributed by atoms with E-state index in [1.165, 1.54) is 25.7 Å². The molecule has 1 saturated heterocycles. The van der Waals surface area contributed by atoms with E-state index < -0.39 is 0 Å². The number of benzene rings is 1. The number of piperazine rings is 1. The van der Waals surface area contributed by atoms with Crippen LogP contribution in [0.15, 0.2) is 24.3 Å². The Hall–Kier alpha value is -1.09. The van der Waals surface area contributed by atoms with Crippen LogP contribution in [0.2, 0.25) is 0 Å². The minimum atomic E-state index is -0.0905. The van der Waals surface area contributed by atoms with Gasteiger partial charge in [0.05, 0.1) is 5.69 Å². The van der Waals surface area contributed by atoms with Crippen molar-refractivity contribution in [2.24, 2.45) is 5.92 Å². The topological polar surface area (TPSA) is 6.48 Å². The van der Waals surface area contributed by atoms with Gasteiger partial charge in [-0.3, -0.25) is 4.90 Å². The van der Waals surface area contributed by atoms with E-state index in [0.717, 1.165) is 43.8 Å². The molecule has 1 saturated carbocycles. The fraction of sp³-hybridized carbons (Fsp3) is 0.647. The first kappa shape index (κ1) is 13.9. The number of hydrogen-bond donors (Lipinski definition) is 0. The van der Waals surface area contributed by atoms with Gasteiger partial charge >= 0.3 is 0 Å². The lowest BCUT2D eigenvalue weighted by atomic mass is 9.86. The number of halogens is 1. The molecule has 2 nitrogen and oxygen atoms in total. The number of nitrogens with zero attached hydrogens (tertiary/aromatic N) is 2. The van der Waals surface area contributed by atoms with E-state index in [4.69, 9.17) is 0 Å². The smallest absolute Gasteiger partial charge is 0.146 e. The van der Waals surface area contributed by atoms with E-state index >= 15 is 0 Å². The number of anilines is 1. The maximum absolute atomic E-state index is 13.8. The molecular weight excluding hydrogens is 251 g/mol. The molecule has 3 rings (SSSR count). The van der Waals surface area contributed by atoms with Crippen molar-refractivity contribution >= 4 is 5.69 Å². The molecule has 1 aromatic carbocycles. The lowest BCUT2D eigenvalue weighted by molar-refractivity contribution is 0.127. The second-order valence-electron chi connectivity index (χ2n) is 6.40. The minimum Gasteiger partial charge on any atom is -0.367 e. The summed E-state index contributed by atoms with van der Waals surface area (Å²) in [5, 5.41) is 0. The molecule has 2 atom stereocenters. The first-order valence-corrected chi connectivity index (χ1v) is 7.97. The van der Waals surface area contributed by atoms with Gasteiger partial charge in [-0.15, -0.1) is 0 Å². The van der Waals surface area contributed by atoms with Crippen molar-refractivity contribution < 1.29 is 4.39 Å². The summed E-state index contributed by atoms with van der Waals surface area (Å²) in [6.45, 7) is 6.43. The van der Waals surface area contributed by atoms with Gasteiger partial charge in [-0.2, -0.15) is 0 Å². The van der Waals surface area contributed by atoms with Crippen molar-refractivity contribution in [2.75, 3.05) is 31.1 Å². The van der Waals surface area contributed by atoms with Crippen molar-refractivity contribution in [1.82, 2.24) is 4.90 Å². The van der Waals surface area contributed by atoms with Gasteiger partial charge in [-0.25, -0.2) is 4.39 Å². The second-order valence-corrected chi connectivity index (χ2v) is 6.40. The fourth-order valence-electron chi connectivity index (χ4n) is 3.77. The highest BCUT2D eigenvalue weighted by atomic mass is 19.1. The normalized spacial score (nSPS) is 28.6. The minimum absolute atomic E-state index is 0.0905. The van der Waals surface area contributed by atoms with Gasteiger partial charge in [0.25, 0.3) is 0 Å². The average Bonchev–Trinajstić information content (AvgIpc) is 2.48. The summed E-state index contributed by atoms with van der Waals surface area (Å²) in [7, 11) is 0. The Labute approximate surface area is 121 Å². The lowest BCUT2D eigenvalue weighted by Gasteiger charge is -2.42. The number of hydrogen-bond acceptors (Lipinski definition) is 2. The largest absolute Gasteiger partial charge is 0.367 e. The average molecular weight is 276 g/mol. The van der Waals surface area contributed by atoms with Crippen LogP contribution in [0, 0.1) is 11.7 Å². The Bertz CT molecular complexity index is 440. The van der Waals surface area contributed by atoms with Gasteiger partial charge in [-0.05, 0) is 30.9 Å². The van der Waals surface area contributed by atoms with E-state index in [9.17, 15) is 4.39 Å². The summed E-state index contributed by atoms with van der Waals surface area (Å²) in [4.78, 5) is 4.82. The Morgan fingerprint density at radius 1 is 1.05 bits per heavy atom. The SMILES string of the molecule is C[C@@H]1CCC[C@@H](N2CCN(c3ccccc3F)CC2)C1. The van der Waals surface area contributed by atoms with Crippen molar-refractivity contribution in [2.45, 2.75) is 38.6 Å². The molecule has 1 aromatic rings. The number of rotatable bonds is 2. The highest BCUT2D eigenvalue weighted by Gasteiger charge is 2.28. The van der Waals surface area contributed by atoms with Crippen LogP contribution in [0.25, 0.3) is 0 Å². The molecule has 1 aliphatic carbocycles. The molecule has 0 aromatic heterocycles. The Morgan fingerprint density at radius 2 is 1.80 bits per heavy atom. The molecule has 1 aliphatic heterocycles. The molecule has 0 unspecified atom stereocenters. The molecule has 3 heteroatoms. The molecule has 110 valence electrons. The van der Waals surface area contributed by atoms with Crippen LogP contribution in [0.4, 0.5) is 10.1 Å². The van der Waals surface area contributed by atoms with Crippen LogP contribution < -0.4 is 4.90 Å². The van der Waals surface area contributed by atoms with Crippen molar-refractivity contribution in [1.29, 1.82) is 0 Å². The maximum Gasteiger partial charge on any atom is 0.146 e. The zero-order chi connectivity index (χ0) is 13.9. The Kier molecular flexibility index (Phi) is 4.25. The van der Waals surface area contributed by atoms with Crippen LogP contribution in [0.3, 0.4) is 0 Å². The third kappa shape index (κ3) is 2.98. The van der Waals surface area contributed by atoms with Crippen molar-refractivity contribution in [3.8, 4) is 0 Å². The lowest BCUT2D eigenvalue weighted by Crippen LogP contribution is -2.51. The van der Waals surface area contributed by atoms with E-state index in [0.29, 0.717) is 0 Å². The third-order valence-electron chi connectivity index (χ3n) is 4.93. The van der Waals surface area contributed by atoms with Gasteiger partial charge in [-0.1, -0.05) is 31.9 Å². The summed E-state index contributed by atoms with van der Waals surface area (Å²) in [6, 6.07) is 7.91. The second kappa shape index (κ2) is 6.13. The highest BCUT2D eigenvalue weighted by Crippen LogP contribution is 2.29. The molecule has 1 heterocycles. The molecule has 0 bridgehead atoms. The molecule has 0 spiro atoms. The molecule has 0 N–H and O–H groups in total. The predicted molar refractivity (Wildman–Crippen MR) is 81.6 cm³/mol. The Morgan fingerprint density at radius 3 is 2.50 bits per heavy atom. The van der Waals surface area contributed by atoms with Crippen LogP contribution in [0.1, 0.15) is 32.6 Å². The monoisotopic (exact) mass is 276 g/mol. The van der Waals surface area contributed by atoms with Crippen molar-refractivity contribution in [3.05, 3.63) is 30.1 Å². The van der Waals surface area contributed by atoms with E-state index in [2.05, 4.69) is 16.7 Å². The molecule has 0 radical (unpaired) electrons. The fourth-order valence-corrected chi connectivity index (χ4v) is 3.77. The zero-order valence-corrected chi connectivity index (χ0v) is 12.4. The summed E-state index contributed by atoms with van der Waals surface area (Å²) in [6.07, 6.45) is 5.47. The summed E-state index contributed by atoms with van der Waals surface area (Å²) < 4.78 is 13.8. The van der Waals surface area contributed by atoms with E-state index in [-0.39, 0.29) is 5.82 Å². The van der Waals surface area contributed by atoms with Gasteiger partial charge in [0, 0.05) is 32.2 Å². The van der Waals surface area contributed by atoms with E-state index in [1.54, 1.807) is 12.1 Å². The van der Waals surface area contributed by atoms with Crippen LogP contribution in [0.5, 0.6) is 0 Å². The van der Waals surface area contributed by atoms with Gasteiger partial charge in [0.1, 0.15) is 5.82 Å². The van der Waals surface area contributed by atoms with E-state index in [1.807, 2.05) is 12.1 Å². The standard InChI is InChI=1S/C17H25FN2/c1-14-5-4-6-15(13-14)19-9-11-20(12-10-19)17-8-3-2-7-16(17)18/h2-3,7-8,14-15H,4-6,9-13H2,1H3/t14-,15-/m1/s1. The molecule has 0 amide bonds. The highest BCUT2D eigenvalue weighted by molar-refractivity contribution is 5.48. The molecule has 2 fully saturated rings. The summed E-state index contributed by atoms with van der Waals surface area (Å²) in [5.74, 6) is 0.783.